The smallest absolute Gasteiger partial charge is 0.231 e. The van der Waals surface area contributed by atoms with E-state index in [2.05, 4.69) is 15.3 Å². The van der Waals surface area contributed by atoms with Crippen LogP contribution in [0, 0.1) is 0 Å². The maximum absolute atomic E-state index is 12.4. The number of carbonyl (C=O) groups is 1. The van der Waals surface area contributed by atoms with Crippen molar-refractivity contribution in [3.8, 4) is 0 Å². The lowest BCUT2D eigenvalue weighted by Gasteiger charge is -2.20. The SMILES string of the molecule is O=C(CSc1ncccn1)NC(c1ccccc1)c1ccc(Cl)cc1. The molecule has 6 heteroatoms. The minimum absolute atomic E-state index is 0.0822. The Labute approximate surface area is 155 Å². The zero-order valence-corrected chi connectivity index (χ0v) is 14.9. The first-order valence-electron chi connectivity index (χ1n) is 7.72. The van der Waals surface area contributed by atoms with Gasteiger partial charge in [-0.3, -0.25) is 4.79 Å². The van der Waals surface area contributed by atoms with Gasteiger partial charge in [0, 0.05) is 17.4 Å². The van der Waals surface area contributed by atoms with Crippen molar-refractivity contribution in [3.05, 3.63) is 89.2 Å². The van der Waals surface area contributed by atoms with Crippen LogP contribution in [0.15, 0.2) is 78.2 Å². The van der Waals surface area contributed by atoms with E-state index in [-0.39, 0.29) is 17.7 Å². The highest BCUT2D eigenvalue weighted by Crippen LogP contribution is 2.24. The van der Waals surface area contributed by atoms with Crippen molar-refractivity contribution in [2.75, 3.05) is 5.75 Å². The van der Waals surface area contributed by atoms with Crippen molar-refractivity contribution in [2.24, 2.45) is 0 Å². The summed E-state index contributed by atoms with van der Waals surface area (Å²) in [6, 6.07) is 18.9. The number of amides is 1. The van der Waals surface area contributed by atoms with Crippen LogP contribution in [0.2, 0.25) is 5.02 Å². The van der Waals surface area contributed by atoms with Crippen LogP contribution in [0.5, 0.6) is 0 Å². The second-order valence-corrected chi connectivity index (χ2v) is 6.66. The van der Waals surface area contributed by atoms with Gasteiger partial charge in [-0.25, -0.2) is 9.97 Å². The number of aromatic nitrogens is 2. The van der Waals surface area contributed by atoms with E-state index in [1.807, 2.05) is 54.6 Å². The lowest BCUT2D eigenvalue weighted by atomic mass is 9.99. The van der Waals surface area contributed by atoms with Crippen LogP contribution < -0.4 is 5.32 Å². The average molecular weight is 370 g/mol. The molecule has 3 aromatic rings. The third-order valence-electron chi connectivity index (χ3n) is 3.52. The highest BCUT2D eigenvalue weighted by atomic mass is 35.5. The summed E-state index contributed by atoms with van der Waals surface area (Å²) in [6.45, 7) is 0. The van der Waals surface area contributed by atoms with Crippen molar-refractivity contribution < 1.29 is 4.79 Å². The molecule has 1 atom stereocenters. The highest BCUT2D eigenvalue weighted by Gasteiger charge is 2.17. The summed E-state index contributed by atoms with van der Waals surface area (Å²) in [5.41, 5.74) is 1.99. The van der Waals surface area contributed by atoms with Gasteiger partial charge in [-0.15, -0.1) is 0 Å². The number of halogens is 1. The molecule has 1 heterocycles. The largest absolute Gasteiger partial charge is 0.344 e. The molecular weight excluding hydrogens is 354 g/mol. The molecule has 1 amide bonds. The summed E-state index contributed by atoms with van der Waals surface area (Å²) < 4.78 is 0. The van der Waals surface area contributed by atoms with E-state index in [0.29, 0.717) is 10.2 Å². The van der Waals surface area contributed by atoms with Crippen LogP contribution in [0.4, 0.5) is 0 Å². The van der Waals surface area contributed by atoms with E-state index in [4.69, 9.17) is 11.6 Å². The molecule has 0 aliphatic heterocycles. The first-order valence-corrected chi connectivity index (χ1v) is 9.08. The van der Waals surface area contributed by atoms with Gasteiger partial charge in [0.25, 0.3) is 0 Å². The predicted molar refractivity (Wildman–Crippen MR) is 101 cm³/mol. The summed E-state index contributed by atoms with van der Waals surface area (Å²) in [4.78, 5) is 20.7. The standard InChI is InChI=1S/C19H16ClN3OS/c20-16-9-7-15(8-10-16)18(14-5-2-1-3-6-14)23-17(24)13-25-19-21-11-4-12-22-19/h1-12,18H,13H2,(H,23,24). The fourth-order valence-corrected chi connectivity index (χ4v) is 3.09. The number of rotatable bonds is 6. The molecule has 4 nitrogen and oxygen atoms in total. The Morgan fingerprint density at radius 3 is 2.28 bits per heavy atom. The second kappa shape index (κ2) is 8.65. The van der Waals surface area contributed by atoms with E-state index >= 15 is 0 Å². The van der Waals surface area contributed by atoms with Crippen LogP contribution in [0.3, 0.4) is 0 Å². The number of nitrogens with zero attached hydrogens (tertiary/aromatic N) is 2. The zero-order valence-electron chi connectivity index (χ0n) is 13.3. The molecule has 126 valence electrons. The van der Waals surface area contributed by atoms with Gasteiger partial charge in [-0.05, 0) is 29.3 Å². The van der Waals surface area contributed by atoms with Gasteiger partial charge in [0.2, 0.25) is 5.91 Å². The summed E-state index contributed by atoms with van der Waals surface area (Å²) in [5.74, 6) is 0.169. The molecule has 0 saturated carbocycles. The Kier molecular flexibility index (Phi) is 6.04. The van der Waals surface area contributed by atoms with Crippen LogP contribution in [-0.2, 0) is 4.79 Å². The third-order valence-corrected chi connectivity index (χ3v) is 4.64. The van der Waals surface area contributed by atoms with Crippen molar-refractivity contribution >= 4 is 29.3 Å². The topological polar surface area (TPSA) is 54.9 Å². The third kappa shape index (κ3) is 5.05. The molecule has 0 aliphatic rings. The Morgan fingerprint density at radius 1 is 0.960 bits per heavy atom. The molecule has 0 aliphatic carbocycles. The number of thioether (sulfide) groups is 1. The molecule has 1 unspecified atom stereocenters. The normalized spacial score (nSPS) is 11.7. The summed E-state index contributed by atoms with van der Waals surface area (Å²) in [7, 11) is 0. The number of carbonyl (C=O) groups excluding carboxylic acids is 1. The first-order chi connectivity index (χ1) is 12.2. The molecule has 1 aromatic heterocycles. The summed E-state index contributed by atoms with van der Waals surface area (Å²) in [5, 5.41) is 4.33. The van der Waals surface area contributed by atoms with Crippen molar-refractivity contribution in [1.82, 2.24) is 15.3 Å². The quantitative estimate of drug-likeness (QED) is 0.524. The molecular formula is C19H16ClN3OS. The molecule has 0 fully saturated rings. The van der Waals surface area contributed by atoms with E-state index in [0.717, 1.165) is 11.1 Å². The molecule has 0 spiro atoms. The Hall–Kier alpha value is -2.37. The van der Waals surface area contributed by atoms with Crippen LogP contribution >= 0.6 is 23.4 Å². The van der Waals surface area contributed by atoms with Gasteiger partial charge in [0.05, 0.1) is 11.8 Å². The van der Waals surface area contributed by atoms with Gasteiger partial charge in [0.1, 0.15) is 0 Å². The van der Waals surface area contributed by atoms with Gasteiger partial charge >= 0.3 is 0 Å². The Morgan fingerprint density at radius 2 is 1.60 bits per heavy atom. The lowest BCUT2D eigenvalue weighted by Crippen LogP contribution is -2.30. The van der Waals surface area contributed by atoms with Gasteiger partial charge in [-0.2, -0.15) is 0 Å². The minimum Gasteiger partial charge on any atom is -0.344 e. The molecule has 1 N–H and O–H groups in total. The van der Waals surface area contributed by atoms with Crippen LogP contribution in [0.25, 0.3) is 0 Å². The average Bonchev–Trinajstić information content (AvgIpc) is 2.67. The molecule has 2 aromatic carbocycles. The number of hydrogen-bond donors (Lipinski definition) is 1. The fraction of sp³-hybridized carbons (Fsp3) is 0.105. The molecule has 0 saturated heterocycles. The van der Waals surface area contributed by atoms with Crippen molar-refractivity contribution in [2.45, 2.75) is 11.2 Å². The van der Waals surface area contributed by atoms with E-state index in [1.165, 1.54) is 11.8 Å². The van der Waals surface area contributed by atoms with Crippen molar-refractivity contribution in [1.29, 1.82) is 0 Å². The lowest BCUT2D eigenvalue weighted by molar-refractivity contribution is -0.119. The fourth-order valence-electron chi connectivity index (χ4n) is 2.35. The van der Waals surface area contributed by atoms with Crippen LogP contribution in [-0.4, -0.2) is 21.6 Å². The minimum atomic E-state index is -0.233. The van der Waals surface area contributed by atoms with Gasteiger partial charge in [0.15, 0.2) is 5.16 Å². The maximum Gasteiger partial charge on any atom is 0.231 e. The van der Waals surface area contributed by atoms with E-state index < -0.39 is 0 Å². The predicted octanol–water partition coefficient (Wildman–Crippen LogP) is 4.13. The van der Waals surface area contributed by atoms with Crippen LogP contribution in [0.1, 0.15) is 17.2 Å². The molecule has 25 heavy (non-hydrogen) atoms. The number of hydrogen-bond acceptors (Lipinski definition) is 4. The molecule has 0 bridgehead atoms. The highest BCUT2D eigenvalue weighted by molar-refractivity contribution is 7.99. The van der Waals surface area contributed by atoms with Crippen molar-refractivity contribution in [3.63, 3.8) is 0 Å². The number of benzene rings is 2. The Bertz CT molecular complexity index is 813. The zero-order chi connectivity index (χ0) is 17.5. The second-order valence-electron chi connectivity index (χ2n) is 5.28. The van der Waals surface area contributed by atoms with E-state index in [9.17, 15) is 4.79 Å². The monoisotopic (exact) mass is 369 g/mol. The van der Waals surface area contributed by atoms with Gasteiger partial charge in [-0.1, -0.05) is 65.8 Å². The Balaban J connectivity index is 1.73. The van der Waals surface area contributed by atoms with E-state index in [1.54, 1.807) is 18.5 Å². The number of nitrogens with one attached hydrogen (secondary N) is 1. The summed E-state index contributed by atoms with van der Waals surface area (Å²) in [6.07, 6.45) is 3.32. The summed E-state index contributed by atoms with van der Waals surface area (Å²) >= 11 is 7.29. The molecule has 3 rings (SSSR count). The maximum atomic E-state index is 12.4. The first kappa shape index (κ1) is 17.5. The van der Waals surface area contributed by atoms with Gasteiger partial charge < -0.3 is 5.32 Å². The molecule has 0 radical (unpaired) electrons.